The minimum atomic E-state index is 0.753. The molecular formula is C16H21NO2. The first-order valence-electron chi connectivity index (χ1n) is 6.60. The zero-order valence-electron chi connectivity index (χ0n) is 12.0. The van der Waals surface area contributed by atoms with Gasteiger partial charge in [0.25, 0.3) is 0 Å². The van der Waals surface area contributed by atoms with E-state index in [2.05, 4.69) is 38.2 Å². The Hall–Kier alpha value is -1.74. The molecule has 102 valence electrons. The van der Waals surface area contributed by atoms with Gasteiger partial charge in [-0.25, -0.2) is 0 Å². The first-order chi connectivity index (χ1) is 9.17. The molecule has 1 N–H and O–H groups in total. The highest BCUT2D eigenvalue weighted by molar-refractivity contribution is 5.69. The number of ether oxygens (including phenoxy) is 1. The standard InChI is InChI=1S/C16H21NO2/c1-5-17-10-15-14(6-7-19-15)13-8-11(2)16(18-4)12(3)9-13/h6-9,17H,5,10H2,1-4H3. The second kappa shape index (κ2) is 5.93. The molecule has 0 atom stereocenters. The minimum absolute atomic E-state index is 0.753. The van der Waals surface area contributed by atoms with Crippen LogP contribution < -0.4 is 10.1 Å². The van der Waals surface area contributed by atoms with Crippen molar-refractivity contribution in [3.05, 3.63) is 41.3 Å². The quantitative estimate of drug-likeness (QED) is 0.889. The number of hydrogen-bond donors (Lipinski definition) is 1. The van der Waals surface area contributed by atoms with E-state index in [4.69, 9.17) is 9.15 Å². The van der Waals surface area contributed by atoms with E-state index < -0.39 is 0 Å². The van der Waals surface area contributed by atoms with E-state index >= 15 is 0 Å². The molecule has 2 aromatic rings. The maximum atomic E-state index is 5.56. The Morgan fingerprint density at radius 1 is 1.21 bits per heavy atom. The third kappa shape index (κ3) is 2.82. The van der Waals surface area contributed by atoms with Gasteiger partial charge in [0.1, 0.15) is 11.5 Å². The fraction of sp³-hybridized carbons (Fsp3) is 0.375. The predicted octanol–water partition coefficient (Wildman–Crippen LogP) is 3.68. The lowest BCUT2D eigenvalue weighted by atomic mass is 10.00. The third-order valence-corrected chi connectivity index (χ3v) is 3.26. The third-order valence-electron chi connectivity index (χ3n) is 3.26. The van der Waals surface area contributed by atoms with Gasteiger partial charge in [-0.1, -0.05) is 6.92 Å². The summed E-state index contributed by atoms with van der Waals surface area (Å²) in [5.41, 5.74) is 4.62. The highest BCUT2D eigenvalue weighted by Crippen LogP contribution is 2.32. The summed E-state index contributed by atoms with van der Waals surface area (Å²) < 4.78 is 11.0. The van der Waals surface area contributed by atoms with Crippen LogP contribution in [0.2, 0.25) is 0 Å². The molecule has 0 bridgehead atoms. The van der Waals surface area contributed by atoms with E-state index in [1.165, 1.54) is 5.56 Å². The number of nitrogens with one attached hydrogen (secondary N) is 1. The van der Waals surface area contributed by atoms with Gasteiger partial charge in [-0.3, -0.25) is 0 Å². The molecule has 0 aliphatic rings. The summed E-state index contributed by atoms with van der Waals surface area (Å²) in [6.07, 6.45) is 1.75. The maximum absolute atomic E-state index is 5.56. The van der Waals surface area contributed by atoms with Gasteiger partial charge >= 0.3 is 0 Å². The van der Waals surface area contributed by atoms with Crippen LogP contribution in [0.1, 0.15) is 23.8 Å². The van der Waals surface area contributed by atoms with Crippen LogP contribution in [-0.4, -0.2) is 13.7 Å². The Bertz CT molecular complexity index is 535. The van der Waals surface area contributed by atoms with Crippen LogP contribution in [0, 0.1) is 13.8 Å². The number of rotatable bonds is 5. The van der Waals surface area contributed by atoms with E-state index in [1.807, 2.05) is 6.07 Å². The summed E-state index contributed by atoms with van der Waals surface area (Å²) >= 11 is 0. The molecule has 3 nitrogen and oxygen atoms in total. The lowest BCUT2D eigenvalue weighted by Crippen LogP contribution is -2.11. The highest BCUT2D eigenvalue weighted by Gasteiger charge is 2.12. The summed E-state index contributed by atoms with van der Waals surface area (Å²) in [5, 5.41) is 3.29. The Morgan fingerprint density at radius 2 is 1.89 bits per heavy atom. The smallest absolute Gasteiger partial charge is 0.125 e. The molecule has 0 amide bonds. The topological polar surface area (TPSA) is 34.4 Å². The number of methoxy groups -OCH3 is 1. The van der Waals surface area contributed by atoms with E-state index in [9.17, 15) is 0 Å². The summed E-state index contributed by atoms with van der Waals surface area (Å²) in [4.78, 5) is 0. The normalized spacial score (nSPS) is 10.7. The molecule has 3 heteroatoms. The monoisotopic (exact) mass is 259 g/mol. The maximum Gasteiger partial charge on any atom is 0.125 e. The molecule has 0 unspecified atom stereocenters. The molecule has 0 spiro atoms. The lowest BCUT2D eigenvalue weighted by molar-refractivity contribution is 0.408. The number of furan rings is 1. The fourth-order valence-electron chi connectivity index (χ4n) is 2.40. The molecule has 1 aromatic carbocycles. The molecule has 19 heavy (non-hydrogen) atoms. The summed E-state index contributed by atoms with van der Waals surface area (Å²) in [5.74, 6) is 1.94. The molecule has 1 aromatic heterocycles. The molecule has 0 aliphatic carbocycles. The SMILES string of the molecule is CCNCc1occc1-c1cc(C)c(OC)c(C)c1. The molecule has 0 aliphatic heterocycles. The molecule has 0 saturated carbocycles. The predicted molar refractivity (Wildman–Crippen MR) is 77.6 cm³/mol. The van der Waals surface area contributed by atoms with Crippen LogP contribution in [0.5, 0.6) is 5.75 Å². The van der Waals surface area contributed by atoms with Crippen molar-refractivity contribution < 1.29 is 9.15 Å². The number of aryl methyl sites for hydroxylation is 2. The molecule has 0 fully saturated rings. The van der Waals surface area contributed by atoms with Crippen LogP contribution in [-0.2, 0) is 6.54 Å². The van der Waals surface area contributed by atoms with Gasteiger partial charge in [-0.05, 0) is 55.3 Å². The average Bonchev–Trinajstić information content (AvgIpc) is 2.84. The van der Waals surface area contributed by atoms with Crippen molar-refractivity contribution in [2.75, 3.05) is 13.7 Å². The number of hydrogen-bond acceptors (Lipinski definition) is 3. The Balaban J connectivity index is 2.39. The summed E-state index contributed by atoms with van der Waals surface area (Å²) in [6.45, 7) is 7.91. The van der Waals surface area contributed by atoms with Gasteiger partial charge in [-0.2, -0.15) is 0 Å². The summed E-state index contributed by atoms with van der Waals surface area (Å²) in [7, 11) is 1.71. The first kappa shape index (κ1) is 13.7. The van der Waals surface area contributed by atoms with Gasteiger partial charge in [-0.15, -0.1) is 0 Å². The largest absolute Gasteiger partial charge is 0.496 e. The van der Waals surface area contributed by atoms with Gasteiger partial charge in [0.05, 0.1) is 19.9 Å². The van der Waals surface area contributed by atoms with Crippen LogP contribution >= 0.6 is 0 Å². The van der Waals surface area contributed by atoms with Gasteiger partial charge < -0.3 is 14.5 Å². The first-order valence-corrected chi connectivity index (χ1v) is 6.60. The Labute approximate surface area is 114 Å². The Kier molecular flexibility index (Phi) is 4.27. The van der Waals surface area contributed by atoms with Gasteiger partial charge in [0.2, 0.25) is 0 Å². The van der Waals surface area contributed by atoms with Crippen molar-refractivity contribution in [2.24, 2.45) is 0 Å². The second-order valence-corrected chi connectivity index (χ2v) is 4.68. The van der Waals surface area contributed by atoms with Gasteiger partial charge in [0.15, 0.2) is 0 Å². The van der Waals surface area contributed by atoms with E-state index in [0.29, 0.717) is 0 Å². The van der Waals surface area contributed by atoms with Crippen LogP contribution in [0.3, 0.4) is 0 Å². The fourth-order valence-corrected chi connectivity index (χ4v) is 2.40. The molecule has 0 saturated heterocycles. The van der Waals surface area contributed by atoms with Crippen LogP contribution in [0.4, 0.5) is 0 Å². The van der Waals surface area contributed by atoms with Crippen molar-refractivity contribution in [3.8, 4) is 16.9 Å². The van der Waals surface area contributed by atoms with Crippen molar-refractivity contribution in [2.45, 2.75) is 27.3 Å². The van der Waals surface area contributed by atoms with Crippen molar-refractivity contribution in [3.63, 3.8) is 0 Å². The van der Waals surface area contributed by atoms with Crippen LogP contribution in [0.25, 0.3) is 11.1 Å². The minimum Gasteiger partial charge on any atom is -0.496 e. The second-order valence-electron chi connectivity index (χ2n) is 4.68. The average molecular weight is 259 g/mol. The highest BCUT2D eigenvalue weighted by atomic mass is 16.5. The van der Waals surface area contributed by atoms with Crippen molar-refractivity contribution in [1.82, 2.24) is 5.32 Å². The molecule has 1 heterocycles. The van der Waals surface area contributed by atoms with Crippen molar-refractivity contribution >= 4 is 0 Å². The molecule has 0 radical (unpaired) electrons. The lowest BCUT2D eigenvalue weighted by Gasteiger charge is -2.11. The molecular weight excluding hydrogens is 238 g/mol. The van der Waals surface area contributed by atoms with Crippen molar-refractivity contribution in [1.29, 1.82) is 0 Å². The van der Waals surface area contributed by atoms with Gasteiger partial charge in [0, 0.05) is 5.56 Å². The van der Waals surface area contributed by atoms with Crippen LogP contribution in [0.15, 0.2) is 28.9 Å². The molecule has 2 rings (SSSR count). The van der Waals surface area contributed by atoms with E-state index in [1.54, 1.807) is 13.4 Å². The summed E-state index contributed by atoms with van der Waals surface area (Å²) in [6, 6.07) is 6.31. The Morgan fingerprint density at radius 3 is 2.47 bits per heavy atom. The zero-order chi connectivity index (χ0) is 13.8. The van der Waals surface area contributed by atoms with E-state index in [-0.39, 0.29) is 0 Å². The number of benzene rings is 1. The van der Waals surface area contributed by atoms with E-state index in [0.717, 1.165) is 41.3 Å². The zero-order valence-corrected chi connectivity index (χ0v) is 12.0.